The molecule has 1 aromatic carbocycles. The van der Waals surface area contributed by atoms with Crippen molar-refractivity contribution in [3.05, 3.63) is 23.2 Å². The SMILES string of the molecule is COc1ccc(Cl)cc1NC(=O)C[C@@H](NCCCN1CCOCC1)C(=O)O. The molecule has 0 aromatic heterocycles. The van der Waals surface area contributed by atoms with E-state index < -0.39 is 17.9 Å². The van der Waals surface area contributed by atoms with Gasteiger partial charge in [0, 0.05) is 18.1 Å². The monoisotopic (exact) mass is 399 g/mol. The van der Waals surface area contributed by atoms with Crippen molar-refractivity contribution in [1.29, 1.82) is 0 Å². The van der Waals surface area contributed by atoms with Crippen molar-refractivity contribution >= 4 is 29.2 Å². The summed E-state index contributed by atoms with van der Waals surface area (Å²) in [5.41, 5.74) is 0.409. The van der Waals surface area contributed by atoms with E-state index in [4.69, 9.17) is 21.1 Å². The molecule has 1 aromatic rings. The lowest BCUT2D eigenvalue weighted by atomic mass is 10.2. The summed E-state index contributed by atoms with van der Waals surface area (Å²) in [6, 6.07) is 3.88. The second kappa shape index (κ2) is 11.1. The maximum absolute atomic E-state index is 12.3. The second-order valence-corrected chi connectivity index (χ2v) is 6.69. The summed E-state index contributed by atoms with van der Waals surface area (Å²) in [5, 5.41) is 15.4. The van der Waals surface area contributed by atoms with Crippen LogP contribution in [0.2, 0.25) is 5.02 Å². The predicted molar refractivity (Wildman–Crippen MR) is 103 cm³/mol. The third-order valence-corrected chi connectivity index (χ3v) is 4.50. The minimum absolute atomic E-state index is 0.192. The molecule has 3 N–H and O–H groups in total. The topological polar surface area (TPSA) is 100 Å². The number of methoxy groups -OCH3 is 1. The minimum Gasteiger partial charge on any atom is -0.495 e. The summed E-state index contributed by atoms with van der Waals surface area (Å²) in [6.45, 7) is 4.64. The third-order valence-electron chi connectivity index (χ3n) is 4.27. The highest BCUT2D eigenvalue weighted by Crippen LogP contribution is 2.27. The van der Waals surface area contributed by atoms with E-state index >= 15 is 0 Å². The number of carboxylic acid groups (broad SMARTS) is 1. The fraction of sp³-hybridized carbons (Fsp3) is 0.556. The molecular formula is C18H26ClN3O5. The number of anilines is 1. The molecule has 1 fully saturated rings. The van der Waals surface area contributed by atoms with E-state index in [0.29, 0.717) is 23.0 Å². The van der Waals surface area contributed by atoms with Crippen LogP contribution in [0.3, 0.4) is 0 Å². The van der Waals surface area contributed by atoms with Crippen LogP contribution >= 0.6 is 11.6 Å². The van der Waals surface area contributed by atoms with Gasteiger partial charge in [-0.2, -0.15) is 0 Å². The Labute approximate surface area is 163 Å². The van der Waals surface area contributed by atoms with Crippen molar-refractivity contribution in [3.8, 4) is 5.75 Å². The normalized spacial score (nSPS) is 15.9. The number of hydrogen-bond acceptors (Lipinski definition) is 6. The first-order valence-electron chi connectivity index (χ1n) is 8.89. The molecule has 1 heterocycles. The first kappa shape index (κ1) is 21.4. The standard InChI is InChI=1S/C18H26ClN3O5/c1-26-16-4-3-13(19)11-14(16)21-17(23)12-15(18(24)25)20-5-2-6-22-7-9-27-10-8-22/h3-4,11,15,20H,2,5-10,12H2,1H3,(H,21,23)(H,24,25)/t15-/m1/s1. The van der Waals surface area contributed by atoms with Gasteiger partial charge in [0.15, 0.2) is 0 Å². The fourth-order valence-electron chi connectivity index (χ4n) is 2.82. The highest BCUT2D eigenvalue weighted by molar-refractivity contribution is 6.31. The molecule has 1 aliphatic rings. The van der Waals surface area contributed by atoms with E-state index in [-0.39, 0.29) is 6.42 Å². The Bertz CT molecular complexity index is 637. The summed E-state index contributed by atoms with van der Waals surface area (Å²) in [4.78, 5) is 26.0. The van der Waals surface area contributed by atoms with Crippen LogP contribution in [0.4, 0.5) is 5.69 Å². The molecule has 1 amide bonds. The largest absolute Gasteiger partial charge is 0.495 e. The summed E-state index contributed by atoms with van der Waals surface area (Å²) in [7, 11) is 1.48. The quantitative estimate of drug-likeness (QED) is 0.512. The van der Waals surface area contributed by atoms with Gasteiger partial charge >= 0.3 is 5.97 Å². The number of carboxylic acids is 1. The van der Waals surface area contributed by atoms with Gasteiger partial charge in [-0.25, -0.2) is 0 Å². The van der Waals surface area contributed by atoms with Gasteiger partial charge in [0.1, 0.15) is 11.8 Å². The van der Waals surface area contributed by atoms with Gasteiger partial charge in [-0.3, -0.25) is 14.5 Å². The van der Waals surface area contributed by atoms with E-state index in [1.807, 2.05) is 0 Å². The van der Waals surface area contributed by atoms with Gasteiger partial charge < -0.3 is 25.2 Å². The molecule has 150 valence electrons. The number of halogens is 1. The Morgan fingerprint density at radius 2 is 2.11 bits per heavy atom. The first-order valence-corrected chi connectivity index (χ1v) is 9.27. The highest BCUT2D eigenvalue weighted by Gasteiger charge is 2.21. The maximum atomic E-state index is 12.3. The van der Waals surface area contributed by atoms with E-state index in [1.165, 1.54) is 7.11 Å². The van der Waals surface area contributed by atoms with Crippen molar-refractivity contribution < 1.29 is 24.2 Å². The molecule has 1 aliphatic heterocycles. The lowest BCUT2D eigenvalue weighted by molar-refractivity contribution is -0.141. The van der Waals surface area contributed by atoms with Gasteiger partial charge in [-0.1, -0.05) is 11.6 Å². The van der Waals surface area contributed by atoms with Crippen molar-refractivity contribution in [2.45, 2.75) is 18.9 Å². The van der Waals surface area contributed by atoms with Crippen LogP contribution in [0.25, 0.3) is 0 Å². The van der Waals surface area contributed by atoms with Gasteiger partial charge in [-0.05, 0) is 37.7 Å². The smallest absolute Gasteiger partial charge is 0.321 e. The average Bonchev–Trinajstić information content (AvgIpc) is 2.65. The number of rotatable bonds is 10. The molecule has 0 aliphatic carbocycles. The van der Waals surface area contributed by atoms with Gasteiger partial charge in [0.2, 0.25) is 5.91 Å². The van der Waals surface area contributed by atoms with Crippen molar-refractivity contribution in [2.75, 3.05) is 51.8 Å². The molecule has 2 rings (SSSR count). The lowest BCUT2D eigenvalue weighted by Gasteiger charge is -2.26. The number of nitrogens with one attached hydrogen (secondary N) is 2. The number of aliphatic carboxylic acids is 1. The fourth-order valence-corrected chi connectivity index (χ4v) is 2.99. The van der Waals surface area contributed by atoms with Crippen LogP contribution in [0.5, 0.6) is 5.75 Å². The lowest BCUT2D eigenvalue weighted by Crippen LogP contribution is -2.42. The van der Waals surface area contributed by atoms with E-state index in [9.17, 15) is 14.7 Å². The third kappa shape index (κ3) is 7.34. The molecule has 8 nitrogen and oxygen atoms in total. The number of morpholine rings is 1. The number of amides is 1. The summed E-state index contributed by atoms with van der Waals surface area (Å²) in [5.74, 6) is -1.03. The summed E-state index contributed by atoms with van der Waals surface area (Å²) >= 11 is 5.94. The van der Waals surface area contributed by atoms with E-state index in [2.05, 4.69) is 15.5 Å². The van der Waals surface area contributed by atoms with Crippen LogP contribution < -0.4 is 15.4 Å². The van der Waals surface area contributed by atoms with Crippen LogP contribution in [0.1, 0.15) is 12.8 Å². The van der Waals surface area contributed by atoms with Gasteiger partial charge in [-0.15, -0.1) is 0 Å². The number of hydrogen-bond donors (Lipinski definition) is 3. The molecule has 9 heteroatoms. The zero-order chi connectivity index (χ0) is 19.6. The van der Waals surface area contributed by atoms with Crippen LogP contribution in [-0.2, 0) is 14.3 Å². The first-order chi connectivity index (χ1) is 13.0. The Kier molecular flexibility index (Phi) is 8.80. The average molecular weight is 400 g/mol. The predicted octanol–water partition coefficient (Wildman–Crippen LogP) is 1.44. The number of ether oxygens (including phenoxy) is 2. The zero-order valence-electron chi connectivity index (χ0n) is 15.4. The second-order valence-electron chi connectivity index (χ2n) is 6.25. The minimum atomic E-state index is -1.06. The van der Waals surface area contributed by atoms with Crippen LogP contribution in [0, 0.1) is 0 Å². The Morgan fingerprint density at radius 3 is 2.78 bits per heavy atom. The van der Waals surface area contributed by atoms with Crippen LogP contribution in [-0.4, -0.2) is 74.4 Å². The molecule has 1 atom stereocenters. The van der Waals surface area contributed by atoms with Crippen molar-refractivity contribution in [2.24, 2.45) is 0 Å². The van der Waals surface area contributed by atoms with Crippen LogP contribution in [0.15, 0.2) is 18.2 Å². The maximum Gasteiger partial charge on any atom is 0.321 e. The van der Waals surface area contributed by atoms with Gasteiger partial charge in [0.25, 0.3) is 0 Å². The van der Waals surface area contributed by atoms with Gasteiger partial charge in [0.05, 0.1) is 32.4 Å². The number of carbonyl (C=O) groups is 2. The molecule has 0 bridgehead atoms. The van der Waals surface area contributed by atoms with E-state index in [1.54, 1.807) is 18.2 Å². The summed E-state index contributed by atoms with van der Waals surface area (Å²) < 4.78 is 10.5. The number of benzene rings is 1. The molecule has 0 saturated carbocycles. The summed E-state index contributed by atoms with van der Waals surface area (Å²) in [6.07, 6.45) is 0.607. The zero-order valence-corrected chi connectivity index (χ0v) is 16.1. The van der Waals surface area contributed by atoms with E-state index in [0.717, 1.165) is 39.3 Å². The molecule has 0 spiro atoms. The Morgan fingerprint density at radius 1 is 1.37 bits per heavy atom. The molecule has 1 saturated heterocycles. The number of nitrogens with zero attached hydrogens (tertiary/aromatic N) is 1. The molecular weight excluding hydrogens is 374 g/mol. The Balaban J connectivity index is 1.79. The van der Waals surface area contributed by atoms with Crippen molar-refractivity contribution in [1.82, 2.24) is 10.2 Å². The highest BCUT2D eigenvalue weighted by atomic mass is 35.5. The Hall–Kier alpha value is -1.87. The number of carbonyl (C=O) groups excluding carboxylic acids is 1. The van der Waals surface area contributed by atoms with Crippen molar-refractivity contribution in [3.63, 3.8) is 0 Å². The molecule has 27 heavy (non-hydrogen) atoms. The molecule has 0 unspecified atom stereocenters. The molecule has 0 radical (unpaired) electrons.